The summed E-state index contributed by atoms with van der Waals surface area (Å²) in [6, 6.07) is 19.9. The third-order valence-electron chi connectivity index (χ3n) is 7.48. The lowest BCUT2D eigenvalue weighted by Crippen LogP contribution is -2.37. The van der Waals surface area contributed by atoms with E-state index >= 15 is 0 Å². The zero-order chi connectivity index (χ0) is 28.4. The van der Waals surface area contributed by atoms with Gasteiger partial charge in [-0.2, -0.15) is 0 Å². The number of nitrogens with zero attached hydrogens (tertiary/aromatic N) is 3. The maximum absolute atomic E-state index is 13.6. The second-order valence-electron chi connectivity index (χ2n) is 11.6. The minimum absolute atomic E-state index is 0.0384. The number of aliphatic hydroxyl groups excluding tert-OH is 1. The third-order valence-corrected chi connectivity index (χ3v) is 9.83. The molecular weight excluding hydrogens is 588 g/mol. The number of carbonyl (C=O) groups is 1. The van der Waals surface area contributed by atoms with Crippen molar-refractivity contribution >= 4 is 32.8 Å². The lowest BCUT2D eigenvalue weighted by Gasteiger charge is -2.30. The molecule has 0 unspecified atom stereocenters. The Bertz CT molecular complexity index is 1400. The van der Waals surface area contributed by atoms with Gasteiger partial charge in [-0.05, 0) is 62.9 Å². The van der Waals surface area contributed by atoms with Crippen LogP contribution in [0.25, 0.3) is 11.3 Å². The van der Waals surface area contributed by atoms with E-state index in [2.05, 4.69) is 50.4 Å². The fourth-order valence-electron chi connectivity index (χ4n) is 5.64. The highest BCUT2D eigenvalue weighted by Gasteiger charge is 2.40. The zero-order valence-electron chi connectivity index (χ0n) is 23.3. The van der Waals surface area contributed by atoms with Gasteiger partial charge in [0.1, 0.15) is 16.7 Å². The number of likely N-dealkylation sites (tertiary alicyclic amines) is 1. The summed E-state index contributed by atoms with van der Waals surface area (Å²) in [4.78, 5) is 20.9. The Kier molecular flexibility index (Phi) is 8.87. The van der Waals surface area contributed by atoms with Crippen LogP contribution in [0.3, 0.4) is 0 Å². The van der Waals surface area contributed by atoms with Crippen LogP contribution >= 0.6 is 15.9 Å². The van der Waals surface area contributed by atoms with Crippen LogP contribution < -0.4 is 5.32 Å². The second kappa shape index (κ2) is 12.2. The van der Waals surface area contributed by atoms with Gasteiger partial charge in [0.25, 0.3) is 5.91 Å². The van der Waals surface area contributed by atoms with Crippen LogP contribution in [-0.4, -0.2) is 59.9 Å². The van der Waals surface area contributed by atoms with Gasteiger partial charge in [0.05, 0.1) is 16.5 Å². The Morgan fingerprint density at radius 1 is 1.15 bits per heavy atom. The fourth-order valence-corrected chi connectivity index (χ4v) is 7.44. The van der Waals surface area contributed by atoms with Gasteiger partial charge in [0, 0.05) is 54.4 Å². The van der Waals surface area contributed by atoms with Crippen molar-refractivity contribution in [2.45, 2.75) is 63.5 Å². The molecule has 5 rings (SSSR count). The number of halogens is 1. The van der Waals surface area contributed by atoms with Gasteiger partial charge in [-0.1, -0.05) is 58.4 Å². The van der Waals surface area contributed by atoms with Crippen LogP contribution in [0.2, 0.25) is 0 Å². The summed E-state index contributed by atoms with van der Waals surface area (Å²) in [6.07, 6.45) is 1.32. The fraction of sp³-hybridized carbons (Fsp3) is 0.419. The molecule has 1 amide bonds. The number of fused-ring (bicyclic) bond motifs is 1. The number of pyridine rings is 1. The highest BCUT2D eigenvalue weighted by molar-refractivity contribution is 9.10. The van der Waals surface area contributed by atoms with E-state index < -0.39 is 15.7 Å². The van der Waals surface area contributed by atoms with Gasteiger partial charge >= 0.3 is 0 Å². The monoisotopic (exact) mass is 624 g/mol. The van der Waals surface area contributed by atoms with E-state index in [1.807, 2.05) is 61.5 Å². The number of aromatic nitrogens is 1. The van der Waals surface area contributed by atoms with Gasteiger partial charge in [-0.3, -0.25) is 9.69 Å². The van der Waals surface area contributed by atoms with Crippen LogP contribution in [0.15, 0.2) is 65.1 Å². The van der Waals surface area contributed by atoms with E-state index in [9.17, 15) is 14.1 Å². The molecule has 2 aliphatic rings. The Labute approximate surface area is 247 Å². The van der Waals surface area contributed by atoms with Crippen molar-refractivity contribution in [2.24, 2.45) is 0 Å². The van der Waals surface area contributed by atoms with E-state index in [1.165, 1.54) is 5.56 Å². The van der Waals surface area contributed by atoms with E-state index in [-0.39, 0.29) is 24.6 Å². The first-order valence-corrected chi connectivity index (χ1v) is 15.7. The van der Waals surface area contributed by atoms with Crippen molar-refractivity contribution in [1.82, 2.24) is 19.5 Å². The molecule has 0 spiro atoms. The van der Waals surface area contributed by atoms with Crippen LogP contribution in [-0.2, 0) is 24.1 Å². The Hall–Kier alpha value is -2.43. The molecule has 0 saturated carbocycles. The van der Waals surface area contributed by atoms with Crippen molar-refractivity contribution in [2.75, 3.05) is 19.7 Å². The van der Waals surface area contributed by atoms with E-state index in [1.54, 1.807) is 0 Å². The Morgan fingerprint density at radius 2 is 1.93 bits per heavy atom. The highest BCUT2D eigenvalue weighted by atomic mass is 79.9. The number of hydrogen-bond acceptors (Lipinski definition) is 5. The lowest BCUT2D eigenvalue weighted by atomic mass is 9.96. The number of benzene rings is 2. The lowest BCUT2D eigenvalue weighted by molar-refractivity contribution is 0.0932. The van der Waals surface area contributed by atoms with Crippen LogP contribution in [0.5, 0.6) is 0 Å². The van der Waals surface area contributed by atoms with E-state index in [0.717, 1.165) is 47.2 Å². The summed E-state index contributed by atoms with van der Waals surface area (Å²) in [5.74, 6) is -0.195. The number of nitrogens with one attached hydrogen (secondary N) is 1. The number of carbonyl (C=O) groups excluding carboxylic acids is 1. The molecule has 1 aromatic heterocycles. The van der Waals surface area contributed by atoms with Gasteiger partial charge in [0.15, 0.2) is 0 Å². The quantitative estimate of drug-likeness (QED) is 0.359. The van der Waals surface area contributed by atoms with Crippen molar-refractivity contribution < 1.29 is 14.1 Å². The number of rotatable bonds is 8. The standard InChI is InChI=1S/C31H37BrN4O3S/c1-31(2,3)40(39)36-19-23-17-26(30(38)33-25-12-14-35(20-25)18-21-8-5-4-6-9-21)34-29(28(23)27(36)13-15-37)22-10-7-11-24(32)16-22/h4-11,16-17,25,27,37H,12-15,18-20H2,1-3H3,(H,33,38)/t25-,27-,40-/m1/s1. The van der Waals surface area contributed by atoms with Gasteiger partial charge < -0.3 is 10.4 Å². The molecule has 0 radical (unpaired) electrons. The van der Waals surface area contributed by atoms with Gasteiger partial charge in [0.2, 0.25) is 0 Å². The van der Waals surface area contributed by atoms with E-state index in [0.29, 0.717) is 24.4 Å². The molecule has 2 N–H and O–H groups in total. The zero-order valence-corrected chi connectivity index (χ0v) is 25.7. The van der Waals surface area contributed by atoms with Crippen LogP contribution in [0, 0.1) is 0 Å². The van der Waals surface area contributed by atoms with Crippen molar-refractivity contribution in [3.05, 3.63) is 87.5 Å². The summed E-state index contributed by atoms with van der Waals surface area (Å²) >= 11 is 3.57. The summed E-state index contributed by atoms with van der Waals surface area (Å²) in [7, 11) is -1.30. The Morgan fingerprint density at radius 3 is 2.62 bits per heavy atom. The summed E-state index contributed by atoms with van der Waals surface area (Å²) < 4.78 is 16.0. The maximum atomic E-state index is 13.6. The predicted molar refractivity (Wildman–Crippen MR) is 163 cm³/mol. The largest absolute Gasteiger partial charge is 0.396 e. The molecule has 3 atom stereocenters. The van der Waals surface area contributed by atoms with Gasteiger partial charge in [-0.15, -0.1) is 0 Å². The normalized spacial score (nSPS) is 20.4. The average molecular weight is 626 g/mol. The molecule has 2 aliphatic heterocycles. The third kappa shape index (κ3) is 6.39. The first kappa shape index (κ1) is 29.1. The second-order valence-corrected chi connectivity index (χ2v) is 14.7. The minimum atomic E-state index is -1.30. The molecule has 0 aliphatic carbocycles. The van der Waals surface area contributed by atoms with E-state index in [4.69, 9.17) is 4.98 Å². The van der Waals surface area contributed by atoms with Crippen LogP contribution in [0.4, 0.5) is 0 Å². The first-order chi connectivity index (χ1) is 19.1. The molecule has 7 nitrogen and oxygen atoms in total. The maximum Gasteiger partial charge on any atom is 0.270 e. The molecule has 1 saturated heterocycles. The van der Waals surface area contributed by atoms with Crippen molar-refractivity contribution in [3.63, 3.8) is 0 Å². The SMILES string of the molecule is CC(C)(C)[S@@](=O)N1Cc2cc(C(=O)N[C@@H]3CCN(Cc4ccccc4)C3)nc(-c3cccc(Br)c3)c2[C@H]1CCO. The summed E-state index contributed by atoms with van der Waals surface area (Å²) in [5.41, 5.74) is 5.08. The number of hydrogen-bond donors (Lipinski definition) is 2. The number of aliphatic hydroxyl groups is 1. The topological polar surface area (TPSA) is 85.8 Å². The van der Waals surface area contributed by atoms with Crippen LogP contribution in [0.1, 0.15) is 66.8 Å². The molecule has 3 aromatic rings. The summed E-state index contributed by atoms with van der Waals surface area (Å²) in [6.45, 7) is 8.85. The minimum Gasteiger partial charge on any atom is -0.396 e. The molecular formula is C31H37BrN4O3S. The molecule has 2 aromatic carbocycles. The predicted octanol–water partition coefficient (Wildman–Crippen LogP) is 5.22. The molecule has 1 fully saturated rings. The molecule has 9 heteroatoms. The Balaban J connectivity index is 1.44. The smallest absolute Gasteiger partial charge is 0.270 e. The first-order valence-electron chi connectivity index (χ1n) is 13.8. The molecule has 212 valence electrons. The molecule has 0 bridgehead atoms. The summed E-state index contributed by atoms with van der Waals surface area (Å²) in [5, 5.41) is 13.2. The van der Waals surface area contributed by atoms with Crippen molar-refractivity contribution in [3.8, 4) is 11.3 Å². The van der Waals surface area contributed by atoms with Gasteiger partial charge in [-0.25, -0.2) is 13.5 Å². The molecule has 40 heavy (non-hydrogen) atoms. The van der Waals surface area contributed by atoms with Crippen molar-refractivity contribution in [1.29, 1.82) is 0 Å². The average Bonchev–Trinajstić information content (AvgIpc) is 3.52. The molecule has 3 heterocycles. The number of amides is 1. The highest BCUT2D eigenvalue weighted by Crippen LogP contribution is 2.44.